The van der Waals surface area contributed by atoms with E-state index in [2.05, 4.69) is 10.3 Å². The van der Waals surface area contributed by atoms with Gasteiger partial charge < -0.3 is 5.32 Å². The molecule has 1 amide bonds. The van der Waals surface area contributed by atoms with Crippen molar-refractivity contribution in [1.82, 2.24) is 4.98 Å². The summed E-state index contributed by atoms with van der Waals surface area (Å²) in [5, 5.41) is 2.70. The van der Waals surface area contributed by atoms with Gasteiger partial charge in [-0.05, 0) is 31.2 Å². The van der Waals surface area contributed by atoms with Crippen LogP contribution in [0.15, 0.2) is 34.7 Å². The molecule has 1 aromatic carbocycles. The molecule has 0 bridgehead atoms. The molecule has 0 spiro atoms. The van der Waals surface area contributed by atoms with Crippen LogP contribution >= 0.6 is 11.3 Å². The van der Waals surface area contributed by atoms with E-state index in [1.807, 2.05) is 0 Å². The second kappa shape index (κ2) is 5.10. The van der Waals surface area contributed by atoms with Crippen molar-refractivity contribution < 1.29 is 13.2 Å². The first kappa shape index (κ1) is 13.7. The van der Waals surface area contributed by atoms with Crippen LogP contribution in [0.4, 0.5) is 5.69 Å². The molecule has 0 aliphatic rings. The molecule has 2 aromatic rings. The maximum atomic E-state index is 11.9. The van der Waals surface area contributed by atoms with Crippen molar-refractivity contribution in [1.29, 1.82) is 0 Å². The number of hydrogen-bond donors (Lipinski definition) is 1. The zero-order valence-electron chi connectivity index (χ0n) is 10.4. The zero-order valence-corrected chi connectivity index (χ0v) is 12.0. The minimum atomic E-state index is -3.22. The van der Waals surface area contributed by atoms with Crippen LogP contribution in [0.3, 0.4) is 0 Å². The Hall–Kier alpha value is -1.73. The number of rotatable bonds is 3. The topological polar surface area (TPSA) is 76.1 Å². The molecule has 0 aliphatic heterocycles. The predicted molar refractivity (Wildman–Crippen MR) is 74.4 cm³/mol. The average molecular weight is 296 g/mol. The van der Waals surface area contributed by atoms with Gasteiger partial charge in [0, 0.05) is 11.9 Å². The number of anilines is 1. The van der Waals surface area contributed by atoms with Gasteiger partial charge in [0.2, 0.25) is 0 Å². The Bertz CT molecular complexity index is 703. The number of thiazole rings is 1. The van der Waals surface area contributed by atoms with E-state index in [1.54, 1.807) is 24.6 Å². The summed E-state index contributed by atoms with van der Waals surface area (Å²) >= 11 is 1.27. The van der Waals surface area contributed by atoms with Gasteiger partial charge in [0.05, 0.1) is 16.1 Å². The van der Waals surface area contributed by atoms with Crippen molar-refractivity contribution in [2.45, 2.75) is 11.8 Å². The summed E-state index contributed by atoms with van der Waals surface area (Å²) in [6.07, 6.45) is 1.14. The smallest absolute Gasteiger partial charge is 0.267 e. The summed E-state index contributed by atoms with van der Waals surface area (Å²) in [6, 6.07) is 6.05. The molecule has 0 radical (unpaired) electrons. The molecule has 0 saturated heterocycles. The maximum absolute atomic E-state index is 11.9. The molecule has 2 rings (SSSR count). The van der Waals surface area contributed by atoms with Gasteiger partial charge in [-0.25, -0.2) is 13.4 Å². The third-order valence-electron chi connectivity index (χ3n) is 2.49. The second-order valence-corrected chi connectivity index (χ2v) is 6.89. The van der Waals surface area contributed by atoms with Gasteiger partial charge in [-0.15, -0.1) is 11.3 Å². The van der Waals surface area contributed by atoms with Gasteiger partial charge in [0.25, 0.3) is 5.91 Å². The molecule has 19 heavy (non-hydrogen) atoms. The van der Waals surface area contributed by atoms with Crippen LogP contribution in [-0.4, -0.2) is 25.6 Å². The highest BCUT2D eigenvalue weighted by Crippen LogP contribution is 2.17. The lowest BCUT2D eigenvalue weighted by Gasteiger charge is -2.05. The Morgan fingerprint density at radius 1 is 1.26 bits per heavy atom. The number of nitrogens with one attached hydrogen (secondary N) is 1. The second-order valence-electron chi connectivity index (χ2n) is 4.02. The largest absolute Gasteiger partial charge is 0.321 e. The Balaban J connectivity index is 2.17. The van der Waals surface area contributed by atoms with Crippen LogP contribution in [0, 0.1) is 6.92 Å². The number of aryl methyl sites for hydroxylation is 1. The Kier molecular flexibility index (Phi) is 3.68. The molecule has 0 saturated carbocycles. The van der Waals surface area contributed by atoms with E-state index in [4.69, 9.17) is 0 Å². The molecule has 1 heterocycles. The van der Waals surface area contributed by atoms with E-state index in [-0.39, 0.29) is 10.8 Å². The molecule has 1 N–H and O–H groups in total. The lowest BCUT2D eigenvalue weighted by atomic mass is 10.3. The molecule has 1 aromatic heterocycles. The summed E-state index contributed by atoms with van der Waals surface area (Å²) in [6.45, 7) is 1.76. The molecule has 0 aliphatic carbocycles. The molecule has 7 heteroatoms. The third kappa shape index (κ3) is 3.18. The van der Waals surface area contributed by atoms with Gasteiger partial charge in [-0.1, -0.05) is 0 Å². The van der Waals surface area contributed by atoms with E-state index < -0.39 is 9.84 Å². The SMILES string of the molecule is Cc1ncsc1C(=O)Nc1ccc(S(C)(=O)=O)cc1. The summed E-state index contributed by atoms with van der Waals surface area (Å²) in [5.74, 6) is -0.243. The molecule has 0 unspecified atom stereocenters. The first-order valence-electron chi connectivity index (χ1n) is 5.39. The quantitative estimate of drug-likeness (QED) is 0.941. The van der Waals surface area contributed by atoms with E-state index in [0.717, 1.165) is 6.26 Å². The number of hydrogen-bond acceptors (Lipinski definition) is 5. The van der Waals surface area contributed by atoms with Crippen LogP contribution in [0.2, 0.25) is 0 Å². The highest BCUT2D eigenvalue weighted by atomic mass is 32.2. The number of carbonyl (C=O) groups excluding carboxylic acids is 1. The summed E-state index contributed by atoms with van der Waals surface area (Å²) in [4.78, 5) is 16.7. The Labute approximate surface area is 115 Å². The highest BCUT2D eigenvalue weighted by molar-refractivity contribution is 7.90. The fourth-order valence-electron chi connectivity index (χ4n) is 1.49. The number of aromatic nitrogens is 1. The van der Waals surface area contributed by atoms with Gasteiger partial charge >= 0.3 is 0 Å². The lowest BCUT2D eigenvalue weighted by Crippen LogP contribution is -2.11. The van der Waals surface area contributed by atoms with E-state index in [1.165, 1.54) is 23.5 Å². The van der Waals surface area contributed by atoms with Crippen molar-refractivity contribution >= 4 is 32.8 Å². The van der Waals surface area contributed by atoms with Crippen molar-refractivity contribution in [2.75, 3.05) is 11.6 Å². The maximum Gasteiger partial charge on any atom is 0.267 e. The third-order valence-corrected chi connectivity index (χ3v) is 4.55. The van der Waals surface area contributed by atoms with Crippen LogP contribution in [0.5, 0.6) is 0 Å². The zero-order chi connectivity index (χ0) is 14.0. The highest BCUT2D eigenvalue weighted by Gasteiger charge is 2.12. The number of amides is 1. The van der Waals surface area contributed by atoms with Crippen LogP contribution in [-0.2, 0) is 9.84 Å². The van der Waals surface area contributed by atoms with Crippen molar-refractivity contribution in [3.8, 4) is 0 Å². The molecular weight excluding hydrogens is 284 g/mol. The van der Waals surface area contributed by atoms with E-state index in [0.29, 0.717) is 16.3 Å². The summed E-state index contributed by atoms with van der Waals surface area (Å²) in [7, 11) is -3.22. The predicted octanol–water partition coefficient (Wildman–Crippen LogP) is 2.11. The van der Waals surface area contributed by atoms with Crippen molar-refractivity contribution in [3.05, 3.63) is 40.3 Å². The fraction of sp³-hybridized carbons (Fsp3) is 0.167. The Morgan fingerprint density at radius 2 is 1.89 bits per heavy atom. The van der Waals surface area contributed by atoms with Crippen molar-refractivity contribution in [3.63, 3.8) is 0 Å². The first-order chi connectivity index (χ1) is 8.88. The number of nitrogens with zero attached hydrogens (tertiary/aromatic N) is 1. The van der Waals surface area contributed by atoms with Gasteiger partial charge in [-0.3, -0.25) is 4.79 Å². The van der Waals surface area contributed by atoms with Crippen LogP contribution < -0.4 is 5.32 Å². The minimum absolute atomic E-state index is 0.222. The minimum Gasteiger partial charge on any atom is -0.321 e. The lowest BCUT2D eigenvalue weighted by molar-refractivity contribution is 0.103. The molecule has 0 atom stereocenters. The monoisotopic (exact) mass is 296 g/mol. The fourth-order valence-corrected chi connectivity index (χ4v) is 2.82. The molecule has 5 nitrogen and oxygen atoms in total. The van der Waals surface area contributed by atoms with Gasteiger partial charge in [0.1, 0.15) is 4.88 Å². The number of sulfone groups is 1. The molecule has 0 fully saturated rings. The van der Waals surface area contributed by atoms with E-state index >= 15 is 0 Å². The standard InChI is InChI=1S/C12H12N2O3S2/c1-8-11(18-7-13-8)12(15)14-9-3-5-10(6-4-9)19(2,16)17/h3-7H,1-2H3,(H,14,15). The molecular formula is C12H12N2O3S2. The first-order valence-corrected chi connectivity index (χ1v) is 8.16. The van der Waals surface area contributed by atoms with Crippen molar-refractivity contribution in [2.24, 2.45) is 0 Å². The van der Waals surface area contributed by atoms with Crippen LogP contribution in [0.25, 0.3) is 0 Å². The van der Waals surface area contributed by atoms with Crippen LogP contribution in [0.1, 0.15) is 15.4 Å². The normalized spacial score (nSPS) is 11.3. The Morgan fingerprint density at radius 3 is 2.37 bits per heavy atom. The van der Waals surface area contributed by atoms with Gasteiger partial charge in [-0.2, -0.15) is 0 Å². The number of benzene rings is 1. The van der Waals surface area contributed by atoms with Gasteiger partial charge in [0.15, 0.2) is 9.84 Å². The summed E-state index contributed by atoms with van der Waals surface area (Å²) < 4.78 is 22.6. The molecule has 100 valence electrons. The van der Waals surface area contributed by atoms with E-state index in [9.17, 15) is 13.2 Å². The number of carbonyl (C=O) groups is 1. The average Bonchev–Trinajstić information content (AvgIpc) is 2.75. The summed E-state index contributed by atoms with van der Waals surface area (Å²) in [5.41, 5.74) is 2.83.